The molecule has 0 spiro atoms. The molecule has 4 N–H and O–H groups in total. The van der Waals surface area contributed by atoms with E-state index in [1.807, 2.05) is 6.92 Å². The number of hydrogen-bond acceptors (Lipinski definition) is 6. The van der Waals surface area contributed by atoms with Gasteiger partial charge in [-0.25, -0.2) is 15.8 Å². The van der Waals surface area contributed by atoms with Gasteiger partial charge in [0.1, 0.15) is 17.5 Å². The Labute approximate surface area is 94.5 Å². The first kappa shape index (κ1) is 11.1. The van der Waals surface area contributed by atoms with Gasteiger partial charge in [-0.3, -0.25) is 0 Å². The topological polar surface area (TPSA) is 87.3 Å². The van der Waals surface area contributed by atoms with Crippen molar-refractivity contribution in [2.75, 3.05) is 23.5 Å². The molecule has 1 saturated carbocycles. The minimum atomic E-state index is 0.130. The van der Waals surface area contributed by atoms with E-state index in [-0.39, 0.29) is 6.61 Å². The lowest BCUT2D eigenvalue weighted by Crippen LogP contribution is -2.30. The van der Waals surface area contributed by atoms with Crippen molar-refractivity contribution < 1.29 is 5.11 Å². The van der Waals surface area contributed by atoms with Crippen LogP contribution in [-0.2, 0) is 0 Å². The Kier molecular flexibility index (Phi) is 3.21. The fourth-order valence-corrected chi connectivity index (χ4v) is 1.75. The van der Waals surface area contributed by atoms with Gasteiger partial charge in [0.25, 0.3) is 0 Å². The molecular weight excluding hydrogens is 206 g/mol. The summed E-state index contributed by atoms with van der Waals surface area (Å²) in [7, 11) is 0. The molecule has 6 nitrogen and oxygen atoms in total. The van der Waals surface area contributed by atoms with E-state index >= 15 is 0 Å². The number of aryl methyl sites for hydroxylation is 1. The summed E-state index contributed by atoms with van der Waals surface area (Å²) >= 11 is 0. The quantitative estimate of drug-likeness (QED) is 0.482. The van der Waals surface area contributed by atoms with E-state index in [4.69, 9.17) is 10.9 Å². The summed E-state index contributed by atoms with van der Waals surface area (Å²) in [5.74, 6) is 7.45. The fourth-order valence-electron chi connectivity index (χ4n) is 1.75. The number of rotatable bonds is 5. The van der Waals surface area contributed by atoms with Gasteiger partial charge in [-0.2, -0.15) is 0 Å². The number of nitrogens with two attached hydrogens (primary N) is 1. The summed E-state index contributed by atoms with van der Waals surface area (Å²) in [5, 5.41) is 9.05. The molecule has 0 radical (unpaired) electrons. The third-order valence-corrected chi connectivity index (χ3v) is 2.60. The smallest absolute Gasteiger partial charge is 0.145 e. The van der Waals surface area contributed by atoms with Crippen LogP contribution in [0.2, 0.25) is 0 Å². The highest BCUT2D eigenvalue weighted by atomic mass is 16.3. The summed E-state index contributed by atoms with van der Waals surface area (Å²) in [5.41, 5.74) is 2.52. The monoisotopic (exact) mass is 223 g/mol. The molecule has 1 aliphatic carbocycles. The molecule has 1 aliphatic rings. The number of anilines is 2. The Bertz CT molecular complexity index is 366. The molecule has 0 unspecified atom stereocenters. The maximum absolute atomic E-state index is 9.05. The highest BCUT2D eigenvalue weighted by Gasteiger charge is 2.29. The van der Waals surface area contributed by atoms with Crippen LogP contribution in [0.25, 0.3) is 0 Å². The second-order valence-corrected chi connectivity index (χ2v) is 3.95. The predicted molar refractivity (Wildman–Crippen MR) is 62.0 cm³/mol. The van der Waals surface area contributed by atoms with Crippen molar-refractivity contribution in [1.29, 1.82) is 0 Å². The van der Waals surface area contributed by atoms with Crippen molar-refractivity contribution in [2.45, 2.75) is 25.8 Å². The molecule has 0 aromatic carbocycles. The van der Waals surface area contributed by atoms with Crippen molar-refractivity contribution in [1.82, 2.24) is 9.97 Å². The third-order valence-electron chi connectivity index (χ3n) is 2.60. The Balaban J connectivity index is 2.25. The summed E-state index contributed by atoms with van der Waals surface area (Å²) in [6.45, 7) is 2.56. The van der Waals surface area contributed by atoms with Crippen LogP contribution in [-0.4, -0.2) is 34.3 Å². The van der Waals surface area contributed by atoms with Crippen molar-refractivity contribution >= 4 is 11.6 Å². The number of aliphatic hydroxyl groups is 1. The lowest BCUT2D eigenvalue weighted by atomic mass is 10.4. The van der Waals surface area contributed by atoms with Crippen LogP contribution in [0.1, 0.15) is 18.7 Å². The standard InChI is InChI=1S/C10H17N5O/c1-7-12-9(14-11)6-10(13-7)15(4-5-16)8-2-3-8/h6,8,16H,2-5,11H2,1H3,(H,12,13,14). The van der Waals surface area contributed by atoms with Gasteiger partial charge < -0.3 is 15.4 Å². The SMILES string of the molecule is Cc1nc(NN)cc(N(CCO)C2CC2)n1. The average molecular weight is 223 g/mol. The Hall–Kier alpha value is -1.40. The zero-order chi connectivity index (χ0) is 11.5. The molecule has 16 heavy (non-hydrogen) atoms. The van der Waals surface area contributed by atoms with Gasteiger partial charge in [0.05, 0.1) is 6.61 Å². The number of hydrogen-bond donors (Lipinski definition) is 3. The highest BCUT2D eigenvalue weighted by Crippen LogP contribution is 2.30. The van der Waals surface area contributed by atoms with Crippen LogP contribution in [0.3, 0.4) is 0 Å². The number of aliphatic hydroxyl groups excluding tert-OH is 1. The van der Waals surface area contributed by atoms with Gasteiger partial charge in [-0.1, -0.05) is 0 Å². The predicted octanol–water partition coefficient (Wildman–Crippen LogP) is 0.0317. The molecule has 1 aromatic heterocycles. The van der Waals surface area contributed by atoms with Crippen LogP contribution in [0.15, 0.2) is 6.07 Å². The molecule has 2 rings (SSSR count). The van der Waals surface area contributed by atoms with Gasteiger partial charge in [0.2, 0.25) is 0 Å². The molecule has 88 valence electrons. The fraction of sp³-hybridized carbons (Fsp3) is 0.600. The van der Waals surface area contributed by atoms with E-state index in [9.17, 15) is 0 Å². The van der Waals surface area contributed by atoms with E-state index in [0.717, 1.165) is 18.7 Å². The van der Waals surface area contributed by atoms with Crippen LogP contribution in [0.5, 0.6) is 0 Å². The maximum atomic E-state index is 9.05. The molecule has 0 aliphatic heterocycles. The maximum Gasteiger partial charge on any atom is 0.145 e. The first-order valence-corrected chi connectivity index (χ1v) is 5.44. The summed E-state index contributed by atoms with van der Waals surface area (Å²) in [6.07, 6.45) is 2.32. The minimum absolute atomic E-state index is 0.130. The molecular formula is C10H17N5O. The number of nitrogens with zero attached hydrogens (tertiary/aromatic N) is 3. The number of aromatic nitrogens is 2. The molecule has 0 atom stereocenters. The largest absolute Gasteiger partial charge is 0.395 e. The van der Waals surface area contributed by atoms with Gasteiger partial charge in [-0.15, -0.1) is 0 Å². The van der Waals surface area contributed by atoms with Crippen LogP contribution < -0.4 is 16.2 Å². The normalized spacial score (nSPS) is 14.9. The summed E-state index contributed by atoms with van der Waals surface area (Å²) in [4.78, 5) is 10.6. The zero-order valence-electron chi connectivity index (χ0n) is 9.35. The molecule has 1 heterocycles. The van der Waals surface area contributed by atoms with Crippen molar-refractivity contribution in [3.05, 3.63) is 11.9 Å². The highest BCUT2D eigenvalue weighted by molar-refractivity contribution is 5.50. The summed E-state index contributed by atoms with van der Waals surface area (Å²) < 4.78 is 0. The first-order valence-electron chi connectivity index (χ1n) is 5.44. The van der Waals surface area contributed by atoms with Gasteiger partial charge in [0, 0.05) is 18.7 Å². The second kappa shape index (κ2) is 4.63. The van der Waals surface area contributed by atoms with Crippen LogP contribution in [0, 0.1) is 6.92 Å². The summed E-state index contributed by atoms with van der Waals surface area (Å²) in [6, 6.07) is 2.31. The van der Waals surface area contributed by atoms with Crippen molar-refractivity contribution in [3.63, 3.8) is 0 Å². The third kappa shape index (κ3) is 2.40. The first-order chi connectivity index (χ1) is 7.74. The molecule has 0 amide bonds. The minimum Gasteiger partial charge on any atom is -0.395 e. The van der Waals surface area contributed by atoms with E-state index in [0.29, 0.717) is 24.2 Å². The Morgan fingerprint density at radius 1 is 1.56 bits per heavy atom. The van der Waals surface area contributed by atoms with Crippen molar-refractivity contribution in [3.8, 4) is 0 Å². The molecule has 1 aromatic rings. The lowest BCUT2D eigenvalue weighted by molar-refractivity contribution is 0.301. The number of hydrazine groups is 1. The molecule has 0 bridgehead atoms. The van der Waals surface area contributed by atoms with Crippen molar-refractivity contribution in [2.24, 2.45) is 5.84 Å². The molecule has 0 saturated heterocycles. The number of nitrogen functional groups attached to an aromatic ring is 1. The van der Waals surface area contributed by atoms with E-state index in [1.165, 1.54) is 0 Å². The number of nitrogens with one attached hydrogen (secondary N) is 1. The lowest BCUT2D eigenvalue weighted by Gasteiger charge is -2.23. The van der Waals surface area contributed by atoms with Crippen LogP contribution in [0.4, 0.5) is 11.6 Å². The molecule has 6 heteroatoms. The second-order valence-electron chi connectivity index (χ2n) is 3.95. The zero-order valence-corrected chi connectivity index (χ0v) is 9.35. The van der Waals surface area contributed by atoms with Gasteiger partial charge in [0.15, 0.2) is 0 Å². The van der Waals surface area contributed by atoms with Gasteiger partial charge >= 0.3 is 0 Å². The van der Waals surface area contributed by atoms with Gasteiger partial charge in [-0.05, 0) is 19.8 Å². The molecule has 1 fully saturated rings. The Morgan fingerprint density at radius 3 is 2.88 bits per heavy atom. The average Bonchev–Trinajstić information content (AvgIpc) is 3.08. The van der Waals surface area contributed by atoms with E-state index < -0.39 is 0 Å². The van der Waals surface area contributed by atoms with E-state index in [2.05, 4.69) is 20.3 Å². The Morgan fingerprint density at radius 2 is 2.31 bits per heavy atom. The van der Waals surface area contributed by atoms with Crippen LogP contribution >= 0.6 is 0 Å². The van der Waals surface area contributed by atoms with E-state index in [1.54, 1.807) is 6.07 Å².